The molecule has 2 aromatic heterocycles. The molecule has 0 amide bonds. The zero-order valence-corrected chi connectivity index (χ0v) is 12.7. The highest BCUT2D eigenvalue weighted by atomic mass is 79.9. The van der Waals surface area contributed by atoms with E-state index in [1.807, 2.05) is 6.92 Å². The summed E-state index contributed by atoms with van der Waals surface area (Å²) in [5.74, 6) is 0. The number of nitrogens with one attached hydrogen (secondary N) is 1. The number of hydrogen-bond acceptors (Lipinski definition) is 6. The van der Waals surface area contributed by atoms with Crippen LogP contribution in [0, 0.1) is 0 Å². The maximum absolute atomic E-state index is 11.9. The van der Waals surface area contributed by atoms with Gasteiger partial charge in [-0.1, -0.05) is 18.3 Å². The van der Waals surface area contributed by atoms with Crippen molar-refractivity contribution < 1.29 is 8.42 Å². The van der Waals surface area contributed by atoms with Gasteiger partial charge in [0.05, 0.1) is 3.79 Å². The van der Waals surface area contributed by atoms with Gasteiger partial charge in [0.25, 0.3) is 10.0 Å². The summed E-state index contributed by atoms with van der Waals surface area (Å²) in [7, 11) is -3.54. The van der Waals surface area contributed by atoms with Gasteiger partial charge in [-0.25, -0.2) is 8.42 Å². The van der Waals surface area contributed by atoms with E-state index in [-0.39, 0.29) is 4.21 Å². The summed E-state index contributed by atoms with van der Waals surface area (Å²) in [6.07, 6.45) is 0.740. The lowest BCUT2D eigenvalue weighted by atomic mass is 10.5. The summed E-state index contributed by atoms with van der Waals surface area (Å²) in [6, 6.07) is 3.23. The van der Waals surface area contributed by atoms with Gasteiger partial charge in [-0.3, -0.25) is 4.72 Å². The van der Waals surface area contributed by atoms with Crippen molar-refractivity contribution in [1.82, 2.24) is 10.2 Å². The Bertz CT molecular complexity index is 620. The smallest absolute Gasteiger partial charge is 0.253 e. The van der Waals surface area contributed by atoms with Crippen LogP contribution >= 0.6 is 38.6 Å². The highest BCUT2D eigenvalue weighted by Crippen LogP contribution is 2.28. The van der Waals surface area contributed by atoms with Gasteiger partial charge < -0.3 is 0 Å². The third-order valence-electron chi connectivity index (χ3n) is 1.80. The molecule has 0 aliphatic carbocycles. The molecule has 0 atom stereocenters. The Balaban J connectivity index is 2.23. The van der Waals surface area contributed by atoms with Crippen LogP contribution in [0.1, 0.15) is 11.9 Å². The van der Waals surface area contributed by atoms with Gasteiger partial charge in [-0.15, -0.1) is 21.5 Å². The summed E-state index contributed by atoms with van der Waals surface area (Å²) >= 11 is 5.62. The number of anilines is 1. The van der Waals surface area contributed by atoms with E-state index in [4.69, 9.17) is 0 Å². The molecule has 1 N–H and O–H groups in total. The largest absolute Gasteiger partial charge is 0.273 e. The van der Waals surface area contributed by atoms with Crippen molar-refractivity contribution in [2.75, 3.05) is 4.72 Å². The Morgan fingerprint density at radius 2 is 2.12 bits per heavy atom. The topological polar surface area (TPSA) is 72.0 Å². The molecule has 0 fully saturated rings. The predicted molar refractivity (Wildman–Crippen MR) is 72.1 cm³/mol. The molecule has 0 spiro atoms. The predicted octanol–water partition coefficient (Wildman–Crippen LogP) is 2.73. The van der Waals surface area contributed by atoms with Crippen LogP contribution in [0.5, 0.6) is 0 Å². The summed E-state index contributed by atoms with van der Waals surface area (Å²) in [6.45, 7) is 1.94. The van der Waals surface area contributed by atoms with Crippen molar-refractivity contribution in [3.05, 3.63) is 20.9 Å². The number of aryl methyl sites for hydroxylation is 1. The zero-order valence-electron chi connectivity index (χ0n) is 8.68. The molecule has 0 radical (unpaired) electrons. The first-order chi connectivity index (χ1) is 8.01. The molecule has 0 saturated heterocycles. The third-order valence-corrected chi connectivity index (χ3v) is 6.37. The Kier molecular flexibility index (Phi) is 3.81. The molecular weight excluding hydrogens is 346 g/mol. The Hall–Kier alpha value is -0.510. The minimum absolute atomic E-state index is 0.248. The van der Waals surface area contributed by atoms with Crippen molar-refractivity contribution >= 4 is 53.8 Å². The van der Waals surface area contributed by atoms with Crippen LogP contribution in [0.25, 0.3) is 0 Å². The average Bonchev–Trinajstić information content (AvgIpc) is 2.86. The van der Waals surface area contributed by atoms with E-state index in [0.29, 0.717) is 5.13 Å². The van der Waals surface area contributed by atoms with Crippen LogP contribution in [0.3, 0.4) is 0 Å². The highest BCUT2D eigenvalue weighted by molar-refractivity contribution is 9.11. The number of rotatable bonds is 4. The molecule has 0 bridgehead atoms. The molecule has 0 aromatic carbocycles. The van der Waals surface area contributed by atoms with E-state index < -0.39 is 10.0 Å². The molecule has 2 heterocycles. The van der Waals surface area contributed by atoms with Gasteiger partial charge in [0, 0.05) is 0 Å². The van der Waals surface area contributed by atoms with E-state index in [0.717, 1.165) is 26.6 Å². The van der Waals surface area contributed by atoms with Gasteiger partial charge in [0.2, 0.25) is 5.13 Å². The third kappa shape index (κ3) is 3.03. The van der Waals surface area contributed by atoms with Crippen molar-refractivity contribution in [1.29, 1.82) is 0 Å². The fourth-order valence-corrected chi connectivity index (χ4v) is 4.96. The maximum atomic E-state index is 11.9. The number of thiophene rings is 1. The monoisotopic (exact) mass is 353 g/mol. The lowest BCUT2D eigenvalue weighted by molar-refractivity contribution is 0.603. The zero-order chi connectivity index (χ0) is 12.5. The maximum Gasteiger partial charge on any atom is 0.273 e. The van der Waals surface area contributed by atoms with Crippen molar-refractivity contribution in [3.8, 4) is 0 Å². The fraction of sp³-hybridized carbons (Fsp3) is 0.250. The molecule has 92 valence electrons. The molecule has 0 unspecified atom stereocenters. The molecule has 0 aliphatic rings. The van der Waals surface area contributed by atoms with E-state index >= 15 is 0 Å². The molecular formula is C8H8BrN3O2S3. The summed E-state index contributed by atoms with van der Waals surface area (Å²) in [4.78, 5) is 0. The quantitative estimate of drug-likeness (QED) is 0.916. The van der Waals surface area contributed by atoms with Crippen LogP contribution in [0.2, 0.25) is 0 Å². The molecule has 9 heteroatoms. The Morgan fingerprint density at radius 1 is 1.35 bits per heavy atom. The number of halogens is 1. The summed E-state index contributed by atoms with van der Waals surface area (Å²) < 4.78 is 27.3. The van der Waals surface area contributed by atoms with Crippen molar-refractivity contribution in [3.63, 3.8) is 0 Å². The molecule has 0 saturated carbocycles. The minimum atomic E-state index is -3.54. The normalized spacial score (nSPS) is 11.6. The standard InChI is InChI=1S/C8H8BrN3O2S3/c1-2-6-10-11-8(16-6)12-17(13,14)7-4-3-5(9)15-7/h3-4H,2H2,1H3,(H,11,12). The molecule has 5 nitrogen and oxygen atoms in total. The fourth-order valence-electron chi connectivity index (χ4n) is 1.05. The summed E-state index contributed by atoms with van der Waals surface area (Å²) in [5, 5.41) is 8.73. The van der Waals surface area contributed by atoms with E-state index in [2.05, 4.69) is 30.8 Å². The van der Waals surface area contributed by atoms with E-state index in [9.17, 15) is 8.42 Å². The first kappa shape index (κ1) is 12.9. The molecule has 2 rings (SSSR count). The molecule has 2 aromatic rings. The van der Waals surface area contributed by atoms with Crippen LogP contribution in [0.15, 0.2) is 20.1 Å². The van der Waals surface area contributed by atoms with Gasteiger partial charge in [0.15, 0.2) is 0 Å². The lowest BCUT2D eigenvalue weighted by Gasteiger charge is -2.00. The van der Waals surface area contributed by atoms with Crippen LogP contribution in [-0.4, -0.2) is 18.6 Å². The highest BCUT2D eigenvalue weighted by Gasteiger charge is 2.18. The number of hydrogen-bond donors (Lipinski definition) is 1. The second-order valence-corrected chi connectivity index (χ2v) is 8.45. The first-order valence-corrected chi connectivity index (χ1v) is 8.52. The van der Waals surface area contributed by atoms with Gasteiger partial charge in [0.1, 0.15) is 9.22 Å². The van der Waals surface area contributed by atoms with Crippen LogP contribution < -0.4 is 4.72 Å². The van der Waals surface area contributed by atoms with Crippen molar-refractivity contribution in [2.24, 2.45) is 0 Å². The van der Waals surface area contributed by atoms with E-state index in [1.54, 1.807) is 12.1 Å². The van der Waals surface area contributed by atoms with E-state index in [1.165, 1.54) is 11.3 Å². The second-order valence-electron chi connectivity index (χ2n) is 3.02. The Labute approximate surface area is 115 Å². The van der Waals surface area contributed by atoms with Crippen LogP contribution in [0.4, 0.5) is 5.13 Å². The molecule has 17 heavy (non-hydrogen) atoms. The lowest BCUT2D eigenvalue weighted by Crippen LogP contribution is -2.11. The number of nitrogens with zero attached hydrogens (tertiary/aromatic N) is 2. The first-order valence-electron chi connectivity index (χ1n) is 4.62. The van der Waals surface area contributed by atoms with Gasteiger partial charge >= 0.3 is 0 Å². The van der Waals surface area contributed by atoms with Gasteiger partial charge in [-0.2, -0.15) is 0 Å². The van der Waals surface area contributed by atoms with Crippen LogP contribution in [-0.2, 0) is 16.4 Å². The SMILES string of the molecule is CCc1nnc(NS(=O)(=O)c2ccc(Br)s2)s1. The average molecular weight is 354 g/mol. The number of aromatic nitrogens is 2. The summed E-state index contributed by atoms with van der Waals surface area (Å²) in [5.41, 5.74) is 0. The Morgan fingerprint density at radius 3 is 2.65 bits per heavy atom. The van der Waals surface area contributed by atoms with Gasteiger partial charge in [-0.05, 0) is 34.5 Å². The second kappa shape index (κ2) is 5.01. The minimum Gasteiger partial charge on any atom is -0.253 e. The van der Waals surface area contributed by atoms with Crippen molar-refractivity contribution in [2.45, 2.75) is 17.6 Å². The molecule has 0 aliphatic heterocycles. The number of sulfonamides is 1.